The molecule has 1 fully saturated rings. The summed E-state index contributed by atoms with van der Waals surface area (Å²) < 4.78 is 13.1. The molecule has 1 aromatic carbocycles. The van der Waals surface area contributed by atoms with Crippen LogP contribution >= 0.6 is 11.3 Å². The molecule has 0 radical (unpaired) electrons. The van der Waals surface area contributed by atoms with E-state index in [-0.39, 0.29) is 12.2 Å². The average molecular weight is 480 g/mol. The molecule has 5 rings (SSSR count). The molecule has 4 heterocycles. The van der Waals surface area contributed by atoms with Crippen molar-refractivity contribution in [1.82, 2.24) is 9.88 Å². The summed E-state index contributed by atoms with van der Waals surface area (Å²) in [6.07, 6.45) is 3.20. The maximum atomic E-state index is 12.6. The molecule has 1 amide bonds. The Labute approximate surface area is 199 Å². The van der Waals surface area contributed by atoms with Gasteiger partial charge in [-0.05, 0) is 50.2 Å². The molecule has 8 nitrogen and oxygen atoms in total. The number of aromatic nitrogens is 1. The molecule has 1 saturated heterocycles. The first-order chi connectivity index (χ1) is 16.5. The zero-order valence-corrected chi connectivity index (χ0v) is 19.3. The molecule has 0 unspecified atom stereocenters. The van der Waals surface area contributed by atoms with Crippen molar-refractivity contribution in [2.75, 3.05) is 13.1 Å². The minimum Gasteiger partial charge on any atom is -0.502 e. The van der Waals surface area contributed by atoms with Crippen LogP contribution in [0.3, 0.4) is 0 Å². The van der Waals surface area contributed by atoms with E-state index in [0.717, 1.165) is 36.1 Å². The molecule has 0 bridgehead atoms. The molecule has 4 aromatic rings. The summed E-state index contributed by atoms with van der Waals surface area (Å²) in [6, 6.07) is 12.5. The fraction of sp³-hybridized carbons (Fsp3) is 0.320. The fourth-order valence-corrected chi connectivity index (χ4v) is 5.29. The average Bonchev–Trinajstić information content (AvgIpc) is 3.47. The van der Waals surface area contributed by atoms with Crippen LogP contribution in [0.5, 0.6) is 5.75 Å². The number of aromatic hydroxyl groups is 1. The van der Waals surface area contributed by atoms with Gasteiger partial charge in [0, 0.05) is 12.5 Å². The molecular weight excluding hydrogens is 454 g/mol. The molecule has 3 aromatic heterocycles. The van der Waals surface area contributed by atoms with Gasteiger partial charge in [0.1, 0.15) is 11.5 Å². The predicted molar refractivity (Wildman–Crippen MR) is 129 cm³/mol. The van der Waals surface area contributed by atoms with Gasteiger partial charge >= 0.3 is 0 Å². The molecule has 34 heavy (non-hydrogen) atoms. The van der Waals surface area contributed by atoms with E-state index in [1.165, 1.54) is 23.8 Å². The number of thiazole rings is 1. The van der Waals surface area contributed by atoms with E-state index >= 15 is 0 Å². The molecule has 1 atom stereocenters. The summed E-state index contributed by atoms with van der Waals surface area (Å²) in [7, 11) is 0. The lowest BCUT2D eigenvalue weighted by atomic mass is 9.97. The largest absolute Gasteiger partial charge is 0.502 e. The third-order valence-electron chi connectivity index (χ3n) is 6.02. The second-order valence-electron chi connectivity index (χ2n) is 8.54. The Bertz CT molecular complexity index is 1350. The molecule has 3 N–H and O–H groups in total. The number of amides is 1. The van der Waals surface area contributed by atoms with Crippen molar-refractivity contribution in [1.29, 1.82) is 0 Å². The van der Waals surface area contributed by atoms with Gasteiger partial charge in [-0.3, -0.25) is 14.5 Å². The number of fused-ring (bicyclic) bond motifs is 1. The number of hydrogen-bond acceptors (Lipinski definition) is 8. The summed E-state index contributed by atoms with van der Waals surface area (Å²) in [5.74, 6) is -0.665. The smallest absolute Gasteiger partial charge is 0.227 e. The zero-order valence-electron chi connectivity index (χ0n) is 18.5. The molecule has 0 saturated carbocycles. The molecule has 1 aliphatic heterocycles. The number of para-hydroxylation sites is 1. The van der Waals surface area contributed by atoms with Crippen LogP contribution in [-0.2, 0) is 11.3 Å². The summed E-state index contributed by atoms with van der Waals surface area (Å²) >= 11 is 1.49. The summed E-state index contributed by atoms with van der Waals surface area (Å²) in [5.41, 5.74) is 5.82. The van der Waals surface area contributed by atoms with Crippen molar-refractivity contribution in [2.24, 2.45) is 5.73 Å². The Hall–Kier alpha value is -3.43. The number of nitrogens with two attached hydrogens (primary N) is 1. The lowest BCUT2D eigenvalue weighted by Crippen LogP contribution is -2.29. The van der Waals surface area contributed by atoms with Gasteiger partial charge < -0.3 is 19.7 Å². The summed E-state index contributed by atoms with van der Waals surface area (Å²) in [5, 5.41) is 11.3. The number of hydrogen-bond donors (Lipinski definition) is 2. The first kappa shape index (κ1) is 22.4. The second-order valence-corrected chi connectivity index (χ2v) is 9.57. The third kappa shape index (κ3) is 4.62. The monoisotopic (exact) mass is 479 g/mol. The number of carbonyl (C=O) groups is 1. The van der Waals surface area contributed by atoms with Crippen molar-refractivity contribution in [3.05, 3.63) is 70.0 Å². The Balaban J connectivity index is 1.50. The van der Waals surface area contributed by atoms with Gasteiger partial charge in [-0.25, -0.2) is 4.98 Å². The standard InChI is InChI=1S/C25H25N3O5S/c26-22(30)13-16(19-8-9-20(33-19)25-27-17-6-2-3-7-21(17)34-25)24-23(31)18(29)12-15(32-24)14-28-10-4-1-5-11-28/h2-3,6-9,12,16,31H,1,4-5,10-11,13-14H2,(H2,26,30)/t16-/m1/s1. The Morgan fingerprint density at radius 2 is 1.94 bits per heavy atom. The number of piperidine rings is 1. The zero-order chi connectivity index (χ0) is 23.7. The van der Waals surface area contributed by atoms with Crippen LogP contribution in [0, 0.1) is 0 Å². The van der Waals surface area contributed by atoms with E-state index in [9.17, 15) is 14.7 Å². The highest BCUT2D eigenvalue weighted by atomic mass is 32.1. The summed E-state index contributed by atoms with van der Waals surface area (Å²) in [4.78, 5) is 31.3. The van der Waals surface area contributed by atoms with Crippen molar-refractivity contribution >= 4 is 27.5 Å². The first-order valence-corrected chi connectivity index (χ1v) is 12.1. The molecule has 9 heteroatoms. The number of nitrogens with zero attached hydrogens (tertiary/aromatic N) is 2. The minimum atomic E-state index is -0.838. The minimum absolute atomic E-state index is 0.0106. The predicted octanol–water partition coefficient (Wildman–Crippen LogP) is 4.21. The fourth-order valence-electron chi connectivity index (χ4n) is 4.36. The number of primary amides is 1. The van der Waals surface area contributed by atoms with Gasteiger partial charge in [0.15, 0.2) is 16.5 Å². The number of furan rings is 1. The van der Waals surface area contributed by atoms with Gasteiger partial charge in [0.2, 0.25) is 17.1 Å². The van der Waals surface area contributed by atoms with Gasteiger partial charge in [-0.15, -0.1) is 11.3 Å². The Kier molecular flexibility index (Phi) is 6.21. The van der Waals surface area contributed by atoms with Crippen LogP contribution in [0.1, 0.15) is 48.9 Å². The third-order valence-corrected chi connectivity index (χ3v) is 7.08. The van der Waals surface area contributed by atoms with Gasteiger partial charge in [-0.1, -0.05) is 18.6 Å². The highest BCUT2D eigenvalue weighted by molar-refractivity contribution is 7.21. The summed E-state index contributed by atoms with van der Waals surface area (Å²) in [6.45, 7) is 2.31. The maximum absolute atomic E-state index is 12.6. The Morgan fingerprint density at radius 3 is 2.71 bits per heavy atom. The molecule has 176 valence electrons. The van der Waals surface area contributed by atoms with Gasteiger partial charge in [0.25, 0.3) is 0 Å². The number of likely N-dealkylation sites (tertiary alicyclic amines) is 1. The van der Waals surface area contributed by atoms with E-state index in [4.69, 9.17) is 14.6 Å². The maximum Gasteiger partial charge on any atom is 0.227 e. The van der Waals surface area contributed by atoms with Crippen molar-refractivity contribution in [3.63, 3.8) is 0 Å². The van der Waals surface area contributed by atoms with Crippen LogP contribution in [0.15, 0.2) is 56.1 Å². The number of rotatable bonds is 7. The normalized spacial score (nSPS) is 15.5. The van der Waals surface area contributed by atoms with Crippen LogP contribution in [0.25, 0.3) is 21.0 Å². The van der Waals surface area contributed by atoms with Crippen molar-refractivity contribution in [2.45, 2.75) is 38.1 Å². The van der Waals surface area contributed by atoms with Crippen LogP contribution in [0.4, 0.5) is 0 Å². The second kappa shape index (κ2) is 9.44. The highest BCUT2D eigenvalue weighted by Crippen LogP contribution is 2.37. The number of benzene rings is 1. The SMILES string of the molecule is NC(=O)C[C@H](c1ccc(-c2nc3ccccc3s2)o1)c1oc(CN2CCCCC2)cc(=O)c1O. The van der Waals surface area contributed by atoms with Gasteiger partial charge in [0.05, 0.1) is 22.7 Å². The highest BCUT2D eigenvalue weighted by Gasteiger charge is 2.29. The van der Waals surface area contributed by atoms with Crippen LogP contribution in [-0.4, -0.2) is 34.0 Å². The quantitative estimate of drug-likeness (QED) is 0.407. The van der Waals surface area contributed by atoms with Crippen LogP contribution in [0.2, 0.25) is 0 Å². The van der Waals surface area contributed by atoms with E-state index in [1.807, 2.05) is 24.3 Å². The van der Waals surface area contributed by atoms with Crippen molar-refractivity contribution in [3.8, 4) is 16.5 Å². The molecule has 0 aliphatic carbocycles. The van der Waals surface area contributed by atoms with E-state index in [2.05, 4.69) is 9.88 Å². The van der Waals surface area contributed by atoms with Gasteiger partial charge in [-0.2, -0.15) is 0 Å². The number of carbonyl (C=O) groups excluding carboxylic acids is 1. The topological polar surface area (TPSA) is 123 Å². The van der Waals surface area contributed by atoms with E-state index in [1.54, 1.807) is 12.1 Å². The van der Waals surface area contributed by atoms with E-state index in [0.29, 0.717) is 28.8 Å². The lowest BCUT2D eigenvalue weighted by Gasteiger charge is -2.26. The molecule has 0 spiro atoms. The molecule has 1 aliphatic rings. The molecular formula is C25H25N3O5S. The van der Waals surface area contributed by atoms with Crippen LogP contribution < -0.4 is 11.2 Å². The first-order valence-electron chi connectivity index (χ1n) is 11.3. The van der Waals surface area contributed by atoms with Crippen molar-refractivity contribution < 1.29 is 18.7 Å². The van der Waals surface area contributed by atoms with E-state index < -0.39 is 23.0 Å². The lowest BCUT2D eigenvalue weighted by molar-refractivity contribution is -0.118. The Morgan fingerprint density at radius 1 is 1.15 bits per heavy atom.